The summed E-state index contributed by atoms with van der Waals surface area (Å²) >= 11 is 0. The molecule has 0 amide bonds. The third kappa shape index (κ3) is 3.66. The van der Waals surface area contributed by atoms with Gasteiger partial charge < -0.3 is 19.7 Å². The second-order valence-electron chi connectivity index (χ2n) is 6.72. The van der Waals surface area contributed by atoms with Gasteiger partial charge in [-0.1, -0.05) is 12.1 Å². The molecule has 0 aliphatic carbocycles. The number of methoxy groups -OCH3 is 1. The van der Waals surface area contributed by atoms with Crippen molar-refractivity contribution in [1.82, 2.24) is 10.2 Å². The van der Waals surface area contributed by atoms with Crippen LogP contribution in [0.15, 0.2) is 29.3 Å². The van der Waals surface area contributed by atoms with Gasteiger partial charge >= 0.3 is 0 Å². The van der Waals surface area contributed by atoms with E-state index in [2.05, 4.69) is 39.5 Å². The Balaban J connectivity index is 1.75. The molecule has 0 unspecified atom stereocenters. The van der Waals surface area contributed by atoms with E-state index in [-0.39, 0.29) is 5.41 Å². The van der Waals surface area contributed by atoms with Gasteiger partial charge in [-0.25, -0.2) is 0 Å². The Labute approximate surface area is 145 Å². The molecule has 0 radical (unpaired) electrons. The van der Waals surface area contributed by atoms with Gasteiger partial charge in [0.2, 0.25) is 0 Å². The molecule has 24 heavy (non-hydrogen) atoms. The molecule has 1 N–H and O–H groups in total. The molecule has 2 aliphatic heterocycles. The number of guanidine groups is 1. The zero-order valence-electron chi connectivity index (χ0n) is 14.9. The van der Waals surface area contributed by atoms with Crippen LogP contribution in [-0.4, -0.2) is 57.9 Å². The number of aliphatic imine (C=N–C) groups is 1. The summed E-state index contributed by atoms with van der Waals surface area (Å²) < 4.78 is 10.9. The lowest BCUT2D eigenvalue weighted by molar-refractivity contribution is 0.0512. The molecule has 2 aliphatic rings. The minimum Gasteiger partial charge on any atom is -0.497 e. The second kappa shape index (κ2) is 7.88. The van der Waals surface area contributed by atoms with Gasteiger partial charge in [-0.15, -0.1) is 0 Å². The molecule has 0 spiro atoms. The number of hydrogen-bond donors (Lipinski definition) is 1. The van der Waals surface area contributed by atoms with E-state index in [9.17, 15) is 0 Å². The fourth-order valence-corrected chi connectivity index (χ4v) is 3.78. The number of rotatable bonds is 4. The van der Waals surface area contributed by atoms with Crippen molar-refractivity contribution in [1.29, 1.82) is 0 Å². The van der Waals surface area contributed by atoms with E-state index in [4.69, 9.17) is 9.47 Å². The number of nitrogens with zero attached hydrogens (tertiary/aromatic N) is 2. The van der Waals surface area contributed by atoms with Gasteiger partial charge in [0.25, 0.3) is 0 Å². The van der Waals surface area contributed by atoms with Gasteiger partial charge in [-0.2, -0.15) is 0 Å². The maximum atomic E-state index is 5.63. The van der Waals surface area contributed by atoms with Crippen LogP contribution in [0.25, 0.3) is 0 Å². The highest BCUT2D eigenvalue weighted by atomic mass is 16.5. The lowest BCUT2D eigenvalue weighted by Crippen LogP contribution is -2.48. The first-order chi connectivity index (χ1) is 11.8. The van der Waals surface area contributed by atoms with Crippen molar-refractivity contribution < 1.29 is 9.47 Å². The van der Waals surface area contributed by atoms with Crippen LogP contribution in [0.4, 0.5) is 0 Å². The number of likely N-dealkylation sites (tertiary alicyclic amines) is 1. The standard InChI is InChI=1S/C19H29N3O2/c1-20-18(22-11-3-4-12-22)21-15-19(9-13-24-14-10-19)16-5-7-17(23-2)8-6-16/h5-8H,3-4,9-15H2,1-2H3,(H,20,21). The highest BCUT2D eigenvalue weighted by Crippen LogP contribution is 2.35. The number of hydrogen-bond acceptors (Lipinski definition) is 3. The number of benzene rings is 1. The molecule has 5 nitrogen and oxygen atoms in total. The summed E-state index contributed by atoms with van der Waals surface area (Å²) in [5.41, 5.74) is 1.45. The van der Waals surface area contributed by atoms with Crippen LogP contribution in [0.2, 0.25) is 0 Å². The summed E-state index contributed by atoms with van der Waals surface area (Å²) in [6.45, 7) is 4.74. The Bertz CT molecular complexity index is 544. The minimum atomic E-state index is 0.0974. The molecule has 1 aromatic carbocycles. The molecular weight excluding hydrogens is 302 g/mol. The first-order valence-electron chi connectivity index (χ1n) is 8.95. The summed E-state index contributed by atoms with van der Waals surface area (Å²) in [4.78, 5) is 6.85. The first-order valence-corrected chi connectivity index (χ1v) is 8.95. The third-order valence-corrected chi connectivity index (χ3v) is 5.35. The molecule has 2 fully saturated rings. The van der Waals surface area contributed by atoms with Crippen molar-refractivity contribution in [3.05, 3.63) is 29.8 Å². The molecule has 132 valence electrons. The van der Waals surface area contributed by atoms with Crippen molar-refractivity contribution >= 4 is 5.96 Å². The molecule has 0 saturated carbocycles. The van der Waals surface area contributed by atoms with E-state index in [1.165, 1.54) is 18.4 Å². The zero-order valence-corrected chi connectivity index (χ0v) is 14.9. The Kier molecular flexibility index (Phi) is 5.61. The zero-order chi connectivity index (χ0) is 16.8. The SMILES string of the molecule is CN=C(NCC1(c2ccc(OC)cc2)CCOCC1)N1CCCC1. The van der Waals surface area contributed by atoms with E-state index in [1.54, 1.807) is 7.11 Å². The Morgan fingerprint density at radius 3 is 2.46 bits per heavy atom. The molecule has 1 aromatic rings. The van der Waals surface area contributed by atoms with E-state index in [0.717, 1.165) is 57.4 Å². The Hall–Kier alpha value is -1.75. The quantitative estimate of drug-likeness (QED) is 0.680. The molecule has 2 saturated heterocycles. The lowest BCUT2D eigenvalue weighted by Gasteiger charge is -2.39. The van der Waals surface area contributed by atoms with E-state index in [1.807, 2.05) is 7.05 Å². The van der Waals surface area contributed by atoms with Gasteiger partial charge in [0, 0.05) is 45.3 Å². The molecule has 3 rings (SSSR count). The van der Waals surface area contributed by atoms with E-state index in [0.29, 0.717) is 0 Å². The summed E-state index contributed by atoms with van der Waals surface area (Å²) in [6.07, 6.45) is 4.59. The van der Waals surface area contributed by atoms with Gasteiger partial charge in [0.15, 0.2) is 5.96 Å². The predicted molar refractivity (Wildman–Crippen MR) is 96.9 cm³/mol. The third-order valence-electron chi connectivity index (χ3n) is 5.35. The van der Waals surface area contributed by atoms with E-state index >= 15 is 0 Å². The second-order valence-corrected chi connectivity index (χ2v) is 6.72. The van der Waals surface area contributed by atoms with Gasteiger partial charge in [-0.05, 0) is 43.4 Å². The topological polar surface area (TPSA) is 46.1 Å². The summed E-state index contributed by atoms with van der Waals surface area (Å²) in [6, 6.07) is 8.51. The largest absolute Gasteiger partial charge is 0.497 e. The van der Waals surface area contributed by atoms with Gasteiger partial charge in [-0.3, -0.25) is 4.99 Å². The van der Waals surface area contributed by atoms with E-state index < -0.39 is 0 Å². The van der Waals surface area contributed by atoms with Crippen LogP contribution in [-0.2, 0) is 10.2 Å². The van der Waals surface area contributed by atoms with Crippen molar-refractivity contribution in [3.8, 4) is 5.75 Å². The van der Waals surface area contributed by atoms with Crippen molar-refractivity contribution in [2.75, 3.05) is 47.0 Å². The van der Waals surface area contributed by atoms with Crippen LogP contribution in [0, 0.1) is 0 Å². The van der Waals surface area contributed by atoms with Crippen molar-refractivity contribution in [2.24, 2.45) is 4.99 Å². The highest BCUT2D eigenvalue weighted by Gasteiger charge is 2.35. The van der Waals surface area contributed by atoms with Gasteiger partial charge in [0.05, 0.1) is 7.11 Å². The normalized spacial score (nSPS) is 20.9. The average molecular weight is 331 g/mol. The molecule has 2 heterocycles. The van der Waals surface area contributed by atoms with Crippen LogP contribution >= 0.6 is 0 Å². The maximum absolute atomic E-state index is 5.63. The fourth-order valence-electron chi connectivity index (χ4n) is 3.78. The van der Waals surface area contributed by atoms with Crippen LogP contribution in [0.3, 0.4) is 0 Å². The molecule has 5 heteroatoms. The summed E-state index contributed by atoms with van der Waals surface area (Å²) in [7, 11) is 3.59. The summed E-state index contributed by atoms with van der Waals surface area (Å²) in [5.74, 6) is 1.94. The summed E-state index contributed by atoms with van der Waals surface area (Å²) in [5, 5.41) is 3.64. The minimum absolute atomic E-state index is 0.0974. The van der Waals surface area contributed by atoms with Crippen molar-refractivity contribution in [2.45, 2.75) is 31.1 Å². The predicted octanol–water partition coefficient (Wildman–Crippen LogP) is 2.41. The van der Waals surface area contributed by atoms with Crippen molar-refractivity contribution in [3.63, 3.8) is 0 Å². The maximum Gasteiger partial charge on any atom is 0.193 e. The fraction of sp³-hybridized carbons (Fsp3) is 0.632. The Morgan fingerprint density at radius 2 is 1.88 bits per heavy atom. The molecular formula is C19H29N3O2. The van der Waals surface area contributed by atoms with Crippen LogP contribution in [0.1, 0.15) is 31.2 Å². The molecule has 0 atom stereocenters. The molecule has 0 aromatic heterocycles. The first kappa shape index (κ1) is 17.1. The Morgan fingerprint density at radius 1 is 1.21 bits per heavy atom. The van der Waals surface area contributed by atoms with Gasteiger partial charge in [0.1, 0.15) is 5.75 Å². The van der Waals surface area contributed by atoms with Crippen LogP contribution < -0.4 is 10.1 Å². The average Bonchev–Trinajstić information content (AvgIpc) is 3.18. The van der Waals surface area contributed by atoms with Crippen LogP contribution in [0.5, 0.6) is 5.75 Å². The molecule has 0 bridgehead atoms. The number of ether oxygens (including phenoxy) is 2. The monoisotopic (exact) mass is 331 g/mol. The number of nitrogens with one attached hydrogen (secondary N) is 1. The lowest BCUT2D eigenvalue weighted by atomic mass is 9.74. The highest BCUT2D eigenvalue weighted by molar-refractivity contribution is 5.80. The smallest absolute Gasteiger partial charge is 0.193 e.